The maximum atomic E-state index is 11.5. The van der Waals surface area contributed by atoms with Crippen LogP contribution in [0.4, 0.5) is 0 Å². The van der Waals surface area contributed by atoms with Crippen molar-refractivity contribution in [1.29, 1.82) is 0 Å². The molecule has 3 heteroatoms. The van der Waals surface area contributed by atoms with Gasteiger partial charge in [0.1, 0.15) is 0 Å². The molecule has 1 aromatic carbocycles. The zero-order valence-electron chi connectivity index (χ0n) is 8.60. The summed E-state index contributed by atoms with van der Waals surface area (Å²) in [4.78, 5) is 15.4. The van der Waals surface area contributed by atoms with Gasteiger partial charge in [-0.25, -0.2) is 0 Å². The predicted octanol–water partition coefficient (Wildman–Crippen LogP) is 1.89. The smallest absolute Gasteiger partial charge is 0.280 e. The minimum absolute atomic E-state index is 0.172. The molecule has 2 aromatic rings. The molecule has 0 saturated heterocycles. The maximum Gasteiger partial charge on any atom is 0.280 e. The van der Waals surface area contributed by atoms with E-state index in [1.54, 1.807) is 12.4 Å². The molecular weight excluding hydrogens is 188 g/mol. The molecule has 76 valence electrons. The van der Waals surface area contributed by atoms with E-state index in [1.165, 1.54) is 0 Å². The average molecular weight is 200 g/mol. The van der Waals surface area contributed by atoms with Gasteiger partial charge in [0.15, 0.2) is 0 Å². The molecule has 0 fully saturated rings. The van der Waals surface area contributed by atoms with E-state index in [4.69, 9.17) is 0 Å². The molecule has 1 aromatic heterocycles. The summed E-state index contributed by atoms with van der Waals surface area (Å²) >= 11 is 0. The lowest BCUT2D eigenvalue weighted by Gasteiger charge is -2.07. The standard InChI is InChI=1S/C12H12N2O/c1-3-6-14-8-13-12(15)10-7-9(2)4-5-11(10)14/h3-5,7-8H,1,6H2,2H3. The lowest BCUT2D eigenvalue weighted by molar-refractivity contribution is 0.820. The highest BCUT2D eigenvalue weighted by molar-refractivity contribution is 5.78. The lowest BCUT2D eigenvalue weighted by Crippen LogP contribution is -2.12. The second-order valence-electron chi connectivity index (χ2n) is 3.51. The number of hydrogen-bond acceptors (Lipinski definition) is 2. The molecule has 0 aliphatic heterocycles. The van der Waals surface area contributed by atoms with Crippen molar-refractivity contribution < 1.29 is 0 Å². The molecular formula is C12H12N2O. The van der Waals surface area contributed by atoms with E-state index in [2.05, 4.69) is 11.6 Å². The molecule has 0 N–H and O–H groups in total. The lowest BCUT2D eigenvalue weighted by atomic mass is 10.1. The van der Waals surface area contributed by atoms with Crippen LogP contribution in [0.25, 0.3) is 10.9 Å². The highest BCUT2D eigenvalue weighted by Gasteiger charge is 2.02. The second-order valence-corrected chi connectivity index (χ2v) is 3.51. The summed E-state index contributed by atoms with van der Waals surface area (Å²) in [6.07, 6.45) is 3.34. The van der Waals surface area contributed by atoms with E-state index in [0.717, 1.165) is 11.1 Å². The molecule has 0 saturated carbocycles. The normalized spacial score (nSPS) is 10.5. The van der Waals surface area contributed by atoms with Crippen molar-refractivity contribution >= 4 is 10.9 Å². The summed E-state index contributed by atoms with van der Waals surface area (Å²) in [6, 6.07) is 5.79. The quantitative estimate of drug-likeness (QED) is 0.694. The third kappa shape index (κ3) is 1.68. The third-order valence-corrected chi connectivity index (χ3v) is 2.33. The first-order chi connectivity index (χ1) is 7.22. The molecule has 0 amide bonds. The fourth-order valence-corrected chi connectivity index (χ4v) is 1.61. The molecule has 0 atom stereocenters. The van der Waals surface area contributed by atoms with E-state index < -0.39 is 0 Å². The SMILES string of the molecule is C=CCn1cnc(=O)c2cc(C)ccc21. The van der Waals surface area contributed by atoms with Crippen LogP contribution in [0.2, 0.25) is 0 Å². The molecule has 3 nitrogen and oxygen atoms in total. The van der Waals surface area contributed by atoms with Gasteiger partial charge in [-0.3, -0.25) is 4.79 Å². The van der Waals surface area contributed by atoms with Gasteiger partial charge in [-0.15, -0.1) is 6.58 Å². The van der Waals surface area contributed by atoms with Crippen LogP contribution < -0.4 is 5.56 Å². The zero-order valence-corrected chi connectivity index (χ0v) is 8.60. The molecule has 15 heavy (non-hydrogen) atoms. The number of rotatable bonds is 2. The highest BCUT2D eigenvalue weighted by Crippen LogP contribution is 2.11. The first-order valence-corrected chi connectivity index (χ1v) is 4.79. The summed E-state index contributed by atoms with van der Waals surface area (Å²) in [5.74, 6) is 0. The van der Waals surface area contributed by atoms with Crippen LogP contribution in [-0.2, 0) is 6.54 Å². The number of hydrogen-bond donors (Lipinski definition) is 0. The van der Waals surface area contributed by atoms with Gasteiger partial charge in [0.25, 0.3) is 5.56 Å². The summed E-state index contributed by atoms with van der Waals surface area (Å²) < 4.78 is 1.91. The molecule has 0 unspecified atom stereocenters. The number of nitrogens with zero attached hydrogens (tertiary/aromatic N) is 2. The Balaban J connectivity index is 2.82. The second kappa shape index (κ2) is 3.69. The van der Waals surface area contributed by atoms with Crippen LogP contribution in [0, 0.1) is 6.92 Å². The van der Waals surface area contributed by atoms with Crippen LogP contribution in [-0.4, -0.2) is 9.55 Å². The van der Waals surface area contributed by atoms with Crippen molar-refractivity contribution in [2.45, 2.75) is 13.5 Å². The number of benzene rings is 1. The van der Waals surface area contributed by atoms with Gasteiger partial charge in [-0.2, -0.15) is 4.98 Å². The number of allylic oxidation sites excluding steroid dienone is 1. The summed E-state index contributed by atoms with van der Waals surface area (Å²) in [5.41, 5.74) is 1.80. The van der Waals surface area contributed by atoms with Crippen molar-refractivity contribution in [3.8, 4) is 0 Å². The summed E-state index contributed by atoms with van der Waals surface area (Å²) in [6.45, 7) is 6.30. The third-order valence-electron chi connectivity index (χ3n) is 2.33. The van der Waals surface area contributed by atoms with Crippen LogP contribution in [0.5, 0.6) is 0 Å². The monoisotopic (exact) mass is 200 g/mol. The fraction of sp³-hybridized carbons (Fsp3) is 0.167. The Morgan fingerprint density at radius 2 is 2.33 bits per heavy atom. The predicted molar refractivity (Wildman–Crippen MR) is 60.9 cm³/mol. The van der Waals surface area contributed by atoms with Crippen molar-refractivity contribution in [3.63, 3.8) is 0 Å². The van der Waals surface area contributed by atoms with Gasteiger partial charge in [0.2, 0.25) is 0 Å². The molecule has 1 heterocycles. The Hall–Kier alpha value is -1.90. The number of aryl methyl sites for hydroxylation is 1. The van der Waals surface area contributed by atoms with Crippen LogP contribution >= 0.6 is 0 Å². The van der Waals surface area contributed by atoms with Gasteiger partial charge < -0.3 is 4.57 Å². The molecule has 0 aliphatic rings. The molecule has 0 bridgehead atoms. The Morgan fingerprint density at radius 1 is 1.53 bits per heavy atom. The van der Waals surface area contributed by atoms with Gasteiger partial charge in [0.05, 0.1) is 17.2 Å². The average Bonchev–Trinajstić information content (AvgIpc) is 2.23. The van der Waals surface area contributed by atoms with Crippen LogP contribution in [0.1, 0.15) is 5.56 Å². The first-order valence-electron chi connectivity index (χ1n) is 4.79. The van der Waals surface area contributed by atoms with Crippen molar-refractivity contribution in [2.75, 3.05) is 0 Å². The Morgan fingerprint density at radius 3 is 3.07 bits per heavy atom. The molecule has 0 aliphatic carbocycles. The van der Waals surface area contributed by atoms with Crippen LogP contribution in [0.3, 0.4) is 0 Å². The Kier molecular flexibility index (Phi) is 2.37. The topological polar surface area (TPSA) is 34.9 Å². The largest absolute Gasteiger partial charge is 0.328 e. The van der Waals surface area contributed by atoms with Gasteiger partial charge in [0, 0.05) is 6.54 Å². The van der Waals surface area contributed by atoms with Crippen molar-refractivity contribution in [3.05, 3.63) is 53.1 Å². The zero-order chi connectivity index (χ0) is 10.8. The van der Waals surface area contributed by atoms with Crippen LogP contribution in [0.15, 0.2) is 42.0 Å². The maximum absolute atomic E-state index is 11.5. The molecule has 0 spiro atoms. The Bertz CT molecular complexity index is 569. The fourth-order valence-electron chi connectivity index (χ4n) is 1.61. The number of fused-ring (bicyclic) bond motifs is 1. The Labute approximate surface area is 87.7 Å². The number of aromatic nitrogens is 2. The highest BCUT2D eigenvalue weighted by atomic mass is 16.1. The van der Waals surface area contributed by atoms with Gasteiger partial charge in [-0.05, 0) is 19.1 Å². The van der Waals surface area contributed by atoms with E-state index >= 15 is 0 Å². The van der Waals surface area contributed by atoms with Crippen molar-refractivity contribution in [1.82, 2.24) is 9.55 Å². The van der Waals surface area contributed by atoms with E-state index in [9.17, 15) is 4.79 Å². The van der Waals surface area contributed by atoms with Crippen molar-refractivity contribution in [2.24, 2.45) is 0 Å². The molecule has 0 radical (unpaired) electrons. The summed E-state index contributed by atoms with van der Waals surface area (Å²) in [7, 11) is 0. The van der Waals surface area contributed by atoms with E-state index in [-0.39, 0.29) is 5.56 Å². The first kappa shape index (κ1) is 9.65. The minimum atomic E-state index is -0.172. The molecule has 2 rings (SSSR count). The van der Waals surface area contributed by atoms with Gasteiger partial charge >= 0.3 is 0 Å². The minimum Gasteiger partial charge on any atom is -0.328 e. The van der Waals surface area contributed by atoms with E-state index in [0.29, 0.717) is 11.9 Å². The van der Waals surface area contributed by atoms with Gasteiger partial charge in [-0.1, -0.05) is 17.7 Å². The summed E-state index contributed by atoms with van der Waals surface area (Å²) in [5, 5.41) is 0.666. The van der Waals surface area contributed by atoms with E-state index in [1.807, 2.05) is 29.7 Å².